The second-order valence-electron chi connectivity index (χ2n) is 7.00. The van der Waals surface area contributed by atoms with E-state index in [4.69, 9.17) is 9.47 Å². The van der Waals surface area contributed by atoms with Gasteiger partial charge in [-0.25, -0.2) is 0 Å². The average molecular weight is 367 g/mol. The van der Waals surface area contributed by atoms with Gasteiger partial charge in [-0.2, -0.15) is 0 Å². The number of hydrogen-bond acceptors (Lipinski definition) is 5. The first-order valence-electron chi connectivity index (χ1n) is 9.57. The van der Waals surface area contributed by atoms with Crippen molar-refractivity contribution in [2.45, 2.75) is 32.0 Å². The molecule has 6 heteroatoms. The van der Waals surface area contributed by atoms with Gasteiger partial charge >= 0.3 is 0 Å². The van der Waals surface area contributed by atoms with Crippen LogP contribution in [0, 0.1) is 0 Å². The van der Waals surface area contributed by atoms with Gasteiger partial charge in [0.05, 0.1) is 13.2 Å². The van der Waals surface area contributed by atoms with E-state index in [9.17, 15) is 4.79 Å². The molecule has 0 unspecified atom stereocenters. The summed E-state index contributed by atoms with van der Waals surface area (Å²) in [5.41, 5.74) is 3.44. The fourth-order valence-electron chi connectivity index (χ4n) is 3.65. The minimum atomic E-state index is -0.394. The van der Waals surface area contributed by atoms with Crippen molar-refractivity contribution < 1.29 is 14.3 Å². The van der Waals surface area contributed by atoms with Crippen LogP contribution in [0.1, 0.15) is 35.8 Å². The predicted molar refractivity (Wildman–Crippen MR) is 104 cm³/mol. The number of piperidine rings is 1. The summed E-state index contributed by atoms with van der Waals surface area (Å²) in [4.78, 5) is 19.1. The third-order valence-corrected chi connectivity index (χ3v) is 5.30. The van der Waals surface area contributed by atoms with Crippen molar-refractivity contribution in [2.75, 3.05) is 36.5 Å². The summed E-state index contributed by atoms with van der Waals surface area (Å²) in [6, 6.07) is 11.7. The van der Waals surface area contributed by atoms with Crippen molar-refractivity contribution in [3.05, 3.63) is 53.9 Å². The molecule has 142 valence electrons. The van der Waals surface area contributed by atoms with E-state index in [0.717, 1.165) is 43.7 Å². The summed E-state index contributed by atoms with van der Waals surface area (Å²) < 4.78 is 11.6. The van der Waals surface area contributed by atoms with Gasteiger partial charge in [0.25, 0.3) is 5.91 Å². The largest absolute Gasteiger partial charge is 0.371 e. The van der Waals surface area contributed by atoms with E-state index >= 15 is 0 Å². The first-order chi connectivity index (χ1) is 13.2. The van der Waals surface area contributed by atoms with E-state index in [-0.39, 0.29) is 5.91 Å². The second-order valence-corrected chi connectivity index (χ2v) is 7.00. The maximum absolute atomic E-state index is 12.6. The van der Waals surface area contributed by atoms with E-state index in [0.29, 0.717) is 18.9 Å². The Labute approximate surface area is 159 Å². The van der Waals surface area contributed by atoms with Gasteiger partial charge in [-0.1, -0.05) is 19.1 Å². The molecular weight excluding hydrogens is 342 g/mol. The molecule has 1 amide bonds. The van der Waals surface area contributed by atoms with E-state index < -0.39 is 5.79 Å². The number of rotatable bonds is 4. The summed E-state index contributed by atoms with van der Waals surface area (Å²) in [6.07, 6.45) is 4.34. The Morgan fingerprint density at radius 3 is 2.52 bits per heavy atom. The summed E-state index contributed by atoms with van der Waals surface area (Å²) in [5.74, 6) is -0.592. The van der Waals surface area contributed by atoms with Gasteiger partial charge in [-0.15, -0.1) is 0 Å². The Kier molecular flexibility index (Phi) is 5.09. The standard InChI is InChI=1S/C21H25N3O3/c1-2-16-3-5-17(6-4-16)23-20(25)19-15-18(7-10-22-19)24-11-8-21(9-12-24)26-13-14-27-21/h3-7,10,15H,2,8-9,11-14H2,1H3,(H,23,25). The lowest BCUT2D eigenvalue weighted by Crippen LogP contribution is -2.45. The van der Waals surface area contributed by atoms with Gasteiger partial charge in [0, 0.05) is 43.5 Å². The molecule has 1 aromatic carbocycles. The number of hydrogen-bond donors (Lipinski definition) is 1. The molecule has 1 spiro atoms. The Bertz CT molecular complexity index is 791. The summed E-state index contributed by atoms with van der Waals surface area (Å²) in [5, 5.41) is 2.92. The van der Waals surface area contributed by atoms with Crippen LogP contribution in [0.2, 0.25) is 0 Å². The highest BCUT2D eigenvalue weighted by molar-refractivity contribution is 6.03. The molecule has 4 rings (SSSR count). The number of carbonyl (C=O) groups excluding carboxylic acids is 1. The number of benzene rings is 1. The van der Waals surface area contributed by atoms with Crippen molar-refractivity contribution in [1.82, 2.24) is 4.98 Å². The average Bonchev–Trinajstić information content (AvgIpc) is 3.17. The van der Waals surface area contributed by atoms with Gasteiger partial charge < -0.3 is 19.7 Å². The van der Waals surface area contributed by atoms with Crippen LogP contribution in [-0.4, -0.2) is 43.0 Å². The number of ether oxygens (including phenoxy) is 2. The molecule has 0 radical (unpaired) electrons. The summed E-state index contributed by atoms with van der Waals surface area (Å²) in [7, 11) is 0. The highest BCUT2D eigenvalue weighted by Crippen LogP contribution is 2.33. The zero-order valence-electron chi connectivity index (χ0n) is 15.6. The molecule has 2 aliphatic rings. The van der Waals surface area contributed by atoms with Crippen molar-refractivity contribution in [1.29, 1.82) is 0 Å². The third kappa shape index (κ3) is 3.96. The highest BCUT2D eigenvalue weighted by Gasteiger charge is 2.39. The fourth-order valence-corrected chi connectivity index (χ4v) is 3.65. The van der Waals surface area contributed by atoms with Crippen molar-refractivity contribution in [3.8, 4) is 0 Å². The molecule has 0 bridgehead atoms. The molecule has 3 heterocycles. The quantitative estimate of drug-likeness (QED) is 0.899. The molecule has 27 heavy (non-hydrogen) atoms. The van der Waals surface area contributed by atoms with Crippen LogP contribution in [0.3, 0.4) is 0 Å². The number of nitrogens with zero attached hydrogens (tertiary/aromatic N) is 2. The number of carbonyl (C=O) groups is 1. The maximum Gasteiger partial charge on any atom is 0.274 e. The minimum absolute atomic E-state index is 0.197. The molecule has 2 saturated heterocycles. The number of anilines is 2. The predicted octanol–water partition coefficient (Wildman–Crippen LogP) is 3.24. The van der Waals surface area contributed by atoms with Gasteiger partial charge in [-0.3, -0.25) is 9.78 Å². The molecule has 0 atom stereocenters. The zero-order chi connectivity index (χ0) is 18.7. The highest BCUT2D eigenvalue weighted by atomic mass is 16.7. The molecule has 0 saturated carbocycles. The first kappa shape index (κ1) is 17.9. The van der Waals surface area contributed by atoms with E-state index in [1.807, 2.05) is 36.4 Å². The molecular formula is C21H25N3O3. The Morgan fingerprint density at radius 1 is 1.15 bits per heavy atom. The van der Waals surface area contributed by atoms with Crippen LogP contribution in [0.25, 0.3) is 0 Å². The lowest BCUT2D eigenvalue weighted by Gasteiger charge is -2.38. The number of aromatic nitrogens is 1. The Hall–Kier alpha value is -2.44. The number of amides is 1. The van der Waals surface area contributed by atoms with Gasteiger partial charge in [-0.05, 0) is 36.2 Å². The van der Waals surface area contributed by atoms with Crippen molar-refractivity contribution in [3.63, 3.8) is 0 Å². The molecule has 1 aromatic heterocycles. The van der Waals surface area contributed by atoms with E-state index in [1.54, 1.807) is 6.20 Å². The second kappa shape index (κ2) is 7.66. The molecule has 6 nitrogen and oxygen atoms in total. The maximum atomic E-state index is 12.6. The van der Waals surface area contributed by atoms with Crippen molar-refractivity contribution >= 4 is 17.3 Å². The van der Waals surface area contributed by atoms with Crippen LogP contribution in [0.4, 0.5) is 11.4 Å². The molecule has 1 N–H and O–H groups in total. The molecule has 2 fully saturated rings. The van der Waals surface area contributed by atoms with Gasteiger partial charge in [0.1, 0.15) is 5.69 Å². The number of aryl methyl sites for hydroxylation is 1. The summed E-state index contributed by atoms with van der Waals surface area (Å²) in [6.45, 7) is 5.14. The van der Waals surface area contributed by atoms with Crippen LogP contribution in [0.15, 0.2) is 42.6 Å². The number of nitrogens with one attached hydrogen (secondary N) is 1. The number of pyridine rings is 1. The molecule has 2 aromatic rings. The minimum Gasteiger partial charge on any atom is -0.371 e. The normalized spacial score (nSPS) is 18.6. The fraction of sp³-hybridized carbons (Fsp3) is 0.429. The van der Waals surface area contributed by atoms with Gasteiger partial charge in [0.2, 0.25) is 0 Å². The molecule has 2 aliphatic heterocycles. The summed E-state index contributed by atoms with van der Waals surface area (Å²) >= 11 is 0. The van der Waals surface area contributed by atoms with E-state index in [1.165, 1.54) is 5.56 Å². The van der Waals surface area contributed by atoms with Crippen LogP contribution >= 0.6 is 0 Å². The lowest BCUT2D eigenvalue weighted by atomic mass is 10.0. The van der Waals surface area contributed by atoms with Gasteiger partial charge in [0.15, 0.2) is 5.79 Å². The first-order valence-corrected chi connectivity index (χ1v) is 9.57. The topological polar surface area (TPSA) is 63.7 Å². The SMILES string of the molecule is CCc1ccc(NC(=O)c2cc(N3CCC4(CC3)OCCO4)ccn2)cc1. The van der Waals surface area contributed by atoms with Crippen LogP contribution < -0.4 is 10.2 Å². The van der Waals surface area contributed by atoms with E-state index in [2.05, 4.69) is 22.1 Å². The monoisotopic (exact) mass is 367 g/mol. The van der Waals surface area contributed by atoms with Crippen LogP contribution in [-0.2, 0) is 15.9 Å². The third-order valence-electron chi connectivity index (χ3n) is 5.30. The van der Waals surface area contributed by atoms with Crippen molar-refractivity contribution in [2.24, 2.45) is 0 Å². The lowest BCUT2D eigenvalue weighted by molar-refractivity contribution is -0.169. The van der Waals surface area contributed by atoms with Crippen LogP contribution in [0.5, 0.6) is 0 Å². The smallest absolute Gasteiger partial charge is 0.274 e. The Balaban J connectivity index is 1.41. The Morgan fingerprint density at radius 2 is 1.85 bits per heavy atom. The molecule has 0 aliphatic carbocycles. The zero-order valence-corrected chi connectivity index (χ0v) is 15.6.